The van der Waals surface area contributed by atoms with Gasteiger partial charge in [-0.3, -0.25) is 0 Å². The summed E-state index contributed by atoms with van der Waals surface area (Å²) in [6.45, 7) is 2.88. The van der Waals surface area contributed by atoms with Crippen molar-refractivity contribution >= 4 is 0 Å². The van der Waals surface area contributed by atoms with Gasteiger partial charge in [0, 0.05) is 25.1 Å². The molecule has 0 radical (unpaired) electrons. The molecular formula is C16H23NO. The first-order chi connectivity index (χ1) is 8.92. The van der Waals surface area contributed by atoms with Crippen LogP contribution in [0, 0.1) is 5.92 Å². The molecule has 1 aromatic rings. The molecule has 0 heterocycles. The maximum absolute atomic E-state index is 5.89. The van der Waals surface area contributed by atoms with E-state index in [9.17, 15) is 0 Å². The Hall–Kier alpha value is -0.860. The lowest BCUT2D eigenvalue weighted by Crippen LogP contribution is -2.26. The van der Waals surface area contributed by atoms with Gasteiger partial charge in [-0.05, 0) is 37.2 Å². The lowest BCUT2D eigenvalue weighted by molar-refractivity contribution is 0.110. The lowest BCUT2D eigenvalue weighted by Gasteiger charge is -2.18. The molecule has 1 atom stereocenters. The molecule has 2 nitrogen and oxygen atoms in total. The Kier molecular flexibility index (Phi) is 3.96. The zero-order valence-electron chi connectivity index (χ0n) is 11.0. The molecule has 0 spiro atoms. The third-order valence-corrected chi connectivity index (χ3v) is 3.87. The van der Waals surface area contributed by atoms with Crippen LogP contribution in [0.4, 0.5) is 0 Å². The van der Waals surface area contributed by atoms with Crippen molar-refractivity contribution in [1.29, 1.82) is 0 Å². The van der Waals surface area contributed by atoms with Gasteiger partial charge in [0.05, 0.1) is 6.61 Å². The summed E-state index contributed by atoms with van der Waals surface area (Å²) in [6.07, 6.45) is 5.45. The second kappa shape index (κ2) is 5.85. The number of hydrogen-bond donors (Lipinski definition) is 1. The summed E-state index contributed by atoms with van der Waals surface area (Å²) < 4.78 is 5.89. The van der Waals surface area contributed by atoms with Crippen molar-refractivity contribution in [3.05, 3.63) is 35.9 Å². The molecule has 2 aliphatic rings. The number of hydrogen-bond acceptors (Lipinski definition) is 2. The second-order valence-electron chi connectivity index (χ2n) is 5.77. The number of nitrogens with one attached hydrogen (secondary N) is 1. The predicted octanol–water partition coefficient (Wildman–Crippen LogP) is 2.95. The van der Waals surface area contributed by atoms with Crippen LogP contribution < -0.4 is 5.32 Å². The molecule has 1 aromatic carbocycles. The topological polar surface area (TPSA) is 21.3 Å². The first kappa shape index (κ1) is 12.2. The molecule has 0 aliphatic heterocycles. The van der Waals surface area contributed by atoms with Crippen LogP contribution in [0.5, 0.6) is 0 Å². The molecule has 2 aliphatic carbocycles. The minimum absolute atomic E-state index is 0.505. The average Bonchev–Trinajstić information content (AvgIpc) is 3.28. The van der Waals surface area contributed by atoms with E-state index in [0.29, 0.717) is 5.92 Å². The van der Waals surface area contributed by atoms with E-state index in [4.69, 9.17) is 4.74 Å². The van der Waals surface area contributed by atoms with Crippen molar-refractivity contribution in [2.45, 2.75) is 37.6 Å². The number of rotatable bonds is 8. The summed E-state index contributed by atoms with van der Waals surface area (Å²) in [5, 5.41) is 3.63. The molecule has 98 valence electrons. The minimum Gasteiger partial charge on any atom is -0.380 e. The molecule has 1 unspecified atom stereocenters. The second-order valence-corrected chi connectivity index (χ2v) is 5.77. The van der Waals surface area contributed by atoms with E-state index in [0.717, 1.165) is 31.7 Å². The van der Waals surface area contributed by atoms with Gasteiger partial charge in [0.1, 0.15) is 0 Å². The SMILES string of the molecule is c1ccc(C(CNC2CC2)COCC2CC2)cc1. The Balaban J connectivity index is 1.51. The van der Waals surface area contributed by atoms with E-state index in [1.807, 2.05) is 0 Å². The Morgan fingerprint density at radius 2 is 1.89 bits per heavy atom. The average molecular weight is 245 g/mol. The summed E-state index contributed by atoms with van der Waals surface area (Å²) >= 11 is 0. The Bertz CT molecular complexity index is 357. The van der Waals surface area contributed by atoms with E-state index in [-0.39, 0.29) is 0 Å². The molecule has 0 aromatic heterocycles. The smallest absolute Gasteiger partial charge is 0.0547 e. The van der Waals surface area contributed by atoms with E-state index in [1.165, 1.54) is 31.2 Å². The highest BCUT2D eigenvalue weighted by atomic mass is 16.5. The molecule has 1 N–H and O–H groups in total. The van der Waals surface area contributed by atoms with Gasteiger partial charge in [0.2, 0.25) is 0 Å². The van der Waals surface area contributed by atoms with E-state index in [2.05, 4.69) is 35.6 Å². The monoisotopic (exact) mass is 245 g/mol. The molecule has 3 rings (SSSR count). The zero-order chi connectivity index (χ0) is 12.2. The summed E-state index contributed by atoms with van der Waals surface area (Å²) in [6, 6.07) is 11.6. The summed E-state index contributed by atoms with van der Waals surface area (Å²) in [4.78, 5) is 0. The van der Waals surface area contributed by atoms with Crippen molar-refractivity contribution in [2.24, 2.45) is 5.92 Å². The van der Waals surface area contributed by atoms with Crippen LogP contribution in [-0.2, 0) is 4.74 Å². The van der Waals surface area contributed by atoms with Crippen molar-refractivity contribution in [1.82, 2.24) is 5.32 Å². The highest BCUT2D eigenvalue weighted by Gasteiger charge is 2.24. The first-order valence-electron chi connectivity index (χ1n) is 7.28. The molecule has 18 heavy (non-hydrogen) atoms. The van der Waals surface area contributed by atoms with Crippen LogP contribution >= 0.6 is 0 Å². The third-order valence-electron chi connectivity index (χ3n) is 3.87. The van der Waals surface area contributed by atoms with Gasteiger partial charge in [-0.25, -0.2) is 0 Å². The quantitative estimate of drug-likeness (QED) is 0.760. The molecule has 2 heteroatoms. The first-order valence-corrected chi connectivity index (χ1v) is 7.28. The zero-order valence-corrected chi connectivity index (χ0v) is 11.0. The van der Waals surface area contributed by atoms with E-state index >= 15 is 0 Å². The van der Waals surface area contributed by atoms with Gasteiger partial charge in [0.15, 0.2) is 0 Å². The van der Waals surface area contributed by atoms with Gasteiger partial charge >= 0.3 is 0 Å². The van der Waals surface area contributed by atoms with Crippen LogP contribution in [0.1, 0.15) is 37.2 Å². The van der Waals surface area contributed by atoms with Crippen LogP contribution in [0.3, 0.4) is 0 Å². The highest BCUT2D eigenvalue weighted by molar-refractivity contribution is 5.20. The van der Waals surface area contributed by atoms with E-state index < -0.39 is 0 Å². The highest BCUT2D eigenvalue weighted by Crippen LogP contribution is 2.29. The molecule has 0 saturated heterocycles. The fourth-order valence-corrected chi connectivity index (χ4v) is 2.26. The largest absolute Gasteiger partial charge is 0.380 e. The molecule has 2 fully saturated rings. The van der Waals surface area contributed by atoms with Gasteiger partial charge in [-0.2, -0.15) is 0 Å². The molecule has 0 bridgehead atoms. The van der Waals surface area contributed by atoms with Crippen LogP contribution in [0.15, 0.2) is 30.3 Å². The molecule has 0 amide bonds. The normalized spacial score (nSPS) is 20.9. The minimum atomic E-state index is 0.505. The standard InChI is InChI=1S/C16H23NO/c1-2-4-14(5-3-1)15(10-17-16-8-9-16)12-18-11-13-6-7-13/h1-5,13,15-17H,6-12H2. The molecular weight excluding hydrogens is 222 g/mol. The van der Waals surface area contributed by atoms with Crippen molar-refractivity contribution in [3.8, 4) is 0 Å². The Labute approximate surface area is 110 Å². The van der Waals surface area contributed by atoms with Gasteiger partial charge in [0.25, 0.3) is 0 Å². The lowest BCUT2D eigenvalue weighted by atomic mass is 10.00. The van der Waals surface area contributed by atoms with Crippen LogP contribution in [0.25, 0.3) is 0 Å². The summed E-state index contributed by atoms with van der Waals surface area (Å²) in [5.41, 5.74) is 1.40. The summed E-state index contributed by atoms with van der Waals surface area (Å²) in [5.74, 6) is 1.36. The molecule has 2 saturated carbocycles. The fraction of sp³-hybridized carbons (Fsp3) is 0.625. The van der Waals surface area contributed by atoms with Gasteiger partial charge in [-0.1, -0.05) is 30.3 Å². The maximum atomic E-state index is 5.89. The van der Waals surface area contributed by atoms with Crippen LogP contribution in [-0.4, -0.2) is 25.8 Å². The maximum Gasteiger partial charge on any atom is 0.0547 e. The van der Waals surface area contributed by atoms with E-state index in [1.54, 1.807) is 0 Å². The number of ether oxygens (including phenoxy) is 1. The Morgan fingerprint density at radius 3 is 2.56 bits per heavy atom. The number of benzene rings is 1. The van der Waals surface area contributed by atoms with Crippen molar-refractivity contribution < 1.29 is 4.74 Å². The Morgan fingerprint density at radius 1 is 1.11 bits per heavy atom. The van der Waals surface area contributed by atoms with Gasteiger partial charge in [-0.15, -0.1) is 0 Å². The van der Waals surface area contributed by atoms with Crippen molar-refractivity contribution in [2.75, 3.05) is 19.8 Å². The van der Waals surface area contributed by atoms with Crippen LogP contribution in [0.2, 0.25) is 0 Å². The van der Waals surface area contributed by atoms with Gasteiger partial charge < -0.3 is 10.1 Å². The third kappa shape index (κ3) is 3.82. The van der Waals surface area contributed by atoms with Crippen molar-refractivity contribution in [3.63, 3.8) is 0 Å². The predicted molar refractivity (Wildman–Crippen MR) is 73.8 cm³/mol. The fourth-order valence-electron chi connectivity index (χ4n) is 2.26. The summed E-state index contributed by atoms with van der Waals surface area (Å²) in [7, 11) is 0.